The minimum atomic E-state index is -0.00598. The zero-order valence-corrected chi connectivity index (χ0v) is 12.2. The number of hydrogen-bond acceptors (Lipinski definition) is 5. The molecule has 2 heterocycles. The Hall–Kier alpha value is -1.43. The van der Waals surface area contributed by atoms with Crippen LogP contribution in [0.3, 0.4) is 0 Å². The minimum Gasteiger partial charge on any atom is -0.354 e. The average molecular weight is 265 g/mol. The highest BCUT2D eigenvalue weighted by molar-refractivity contribution is 7.09. The molecular weight excluding hydrogens is 246 g/mol. The standard InChI is InChI=1S/C12H19N5S/c1-8(9-6-13-17(5)7-9)14-11-15-10(16-18-11)12(2,3)4/h6-8H,1-5H3,(H,14,15,16). The number of rotatable bonds is 3. The van der Waals surface area contributed by atoms with Gasteiger partial charge >= 0.3 is 0 Å². The quantitative estimate of drug-likeness (QED) is 0.927. The highest BCUT2D eigenvalue weighted by atomic mass is 32.1. The van der Waals surface area contributed by atoms with Gasteiger partial charge in [0.25, 0.3) is 0 Å². The summed E-state index contributed by atoms with van der Waals surface area (Å²) in [5, 5.41) is 8.38. The third kappa shape index (κ3) is 2.87. The fourth-order valence-corrected chi connectivity index (χ4v) is 2.36. The first-order chi connectivity index (χ1) is 8.36. The Morgan fingerprint density at radius 2 is 2.11 bits per heavy atom. The molecule has 0 fully saturated rings. The minimum absolute atomic E-state index is 0.00598. The van der Waals surface area contributed by atoms with Crippen molar-refractivity contribution in [1.82, 2.24) is 19.1 Å². The van der Waals surface area contributed by atoms with Crippen LogP contribution in [0.4, 0.5) is 5.13 Å². The van der Waals surface area contributed by atoms with Crippen LogP contribution in [0, 0.1) is 0 Å². The van der Waals surface area contributed by atoms with Crippen LogP contribution < -0.4 is 5.32 Å². The summed E-state index contributed by atoms with van der Waals surface area (Å²) in [6.45, 7) is 8.44. The number of anilines is 1. The molecule has 1 unspecified atom stereocenters. The Balaban J connectivity index is 2.08. The first-order valence-electron chi connectivity index (χ1n) is 5.95. The van der Waals surface area contributed by atoms with Gasteiger partial charge in [-0.15, -0.1) is 0 Å². The van der Waals surface area contributed by atoms with Gasteiger partial charge in [-0.3, -0.25) is 4.68 Å². The second-order valence-electron chi connectivity index (χ2n) is 5.49. The van der Waals surface area contributed by atoms with E-state index in [2.05, 4.69) is 47.5 Å². The second kappa shape index (κ2) is 4.68. The molecule has 0 aliphatic rings. The van der Waals surface area contributed by atoms with Gasteiger partial charge < -0.3 is 5.32 Å². The first kappa shape index (κ1) is 13.0. The third-order valence-electron chi connectivity index (χ3n) is 2.66. The molecule has 0 aliphatic heterocycles. The summed E-state index contributed by atoms with van der Waals surface area (Å²) < 4.78 is 6.19. The van der Waals surface area contributed by atoms with E-state index in [1.807, 2.05) is 19.4 Å². The van der Waals surface area contributed by atoms with Crippen LogP contribution in [0.5, 0.6) is 0 Å². The van der Waals surface area contributed by atoms with E-state index in [-0.39, 0.29) is 11.5 Å². The molecule has 0 saturated heterocycles. The molecule has 0 aliphatic carbocycles. The summed E-state index contributed by atoms with van der Waals surface area (Å²) in [7, 11) is 1.92. The zero-order chi connectivity index (χ0) is 13.3. The molecule has 0 aromatic carbocycles. The van der Waals surface area contributed by atoms with E-state index < -0.39 is 0 Å². The lowest BCUT2D eigenvalue weighted by Gasteiger charge is -2.13. The lowest BCUT2D eigenvalue weighted by molar-refractivity contribution is 0.555. The number of nitrogens with one attached hydrogen (secondary N) is 1. The van der Waals surface area contributed by atoms with E-state index in [4.69, 9.17) is 0 Å². The van der Waals surface area contributed by atoms with E-state index in [0.717, 1.165) is 16.5 Å². The third-order valence-corrected chi connectivity index (χ3v) is 3.31. The number of hydrogen-bond donors (Lipinski definition) is 1. The van der Waals surface area contributed by atoms with Gasteiger partial charge in [-0.05, 0) is 6.92 Å². The van der Waals surface area contributed by atoms with Crippen molar-refractivity contribution in [3.8, 4) is 0 Å². The maximum atomic E-state index is 4.52. The predicted octanol–water partition coefficient (Wildman–Crippen LogP) is 2.74. The summed E-state index contributed by atoms with van der Waals surface area (Å²) in [6, 6.07) is 0.180. The summed E-state index contributed by atoms with van der Waals surface area (Å²) in [5.74, 6) is 0.883. The van der Waals surface area contributed by atoms with Crippen LogP contribution in [-0.4, -0.2) is 19.1 Å². The fraction of sp³-hybridized carbons (Fsp3) is 0.583. The van der Waals surface area contributed by atoms with Gasteiger partial charge in [-0.2, -0.15) is 9.47 Å². The molecule has 0 radical (unpaired) electrons. The molecule has 0 spiro atoms. The molecule has 0 bridgehead atoms. The van der Waals surface area contributed by atoms with Gasteiger partial charge in [-0.1, -0.05) is 20.8 Å². The lowest BCUT2D eigenvalue weighted by Crippen LogP contribution is -2.13. The van der Waals surface area contributed by atoms with Gasteiger partial charge in [0, 0.05) is 35.8 Å². The van der Waals surface area contributed by atoms with Crippen molar-refractivity contribution in [3.63, 3.8) is 0 Å². The normalized spacial score (nSPS) is 13.6. The molecule has 18 heavy (non-hydrogen) atoms. The van der Waals surface area contributed by atoms with Gasteiger partial charge in [0.05, 0.1) is 12.2 Å². The largest absolute Gasteiger partial charge is 0.354 e. The fourth-order valence-electron chi connectivity index (χ4n) is 1.52. The first-order valence-corrected chi connectivity index (χ1v) is 6.73. The van der Waals surface area contributed by atoms with Crippen LogP contribution in [0.2, 0.25) is 0 Å². The van der Waals surface area contributed by atoms with Gasteiger partial charge in [-0.25, -0.2) is 4.98 Å². The molecule has 2 rings (SSSR count). The molecular formula is C12H19N5S. The Labute approximate surface area is 111 Å². The monoisotopic (exact) mass is 265 g/mol. The van der Waals surface area contributed by atoms with Crippen molar-refractivity contribution in [2.75, 3.05) is 5.32 Å². The molecule has 2 aromatic rings. The van der Waals surface area contributed by atoms with Gasteiger partial charge in [0.1, 0.15) is 5.82 Å². The van der Waals surface area contributed by atoms with E-state index in [9.17, 15) is 0 Å². The van der Waals surface area contributed by atoms with Crippen molar-refractivity contribution < 1.29 is 0 Å². The topological polar surface area (TPSA) is 55.6 Å². The van der Waals surface area contributed by atoms with Gasteiger partial charge in [0.15, 0.2) is 0 Å². The van der Waals surface area contributed by atoms with Crippen molar-refractivity contribution in [2.24, 2.45) is 7.05 Å². The average Bonchev–Trinajstić information content (AvgIpc) is 2.85. The van der Waals surface area contributed by atoms with Crippen LogP contribution in [-0.2, 0) is 12.5 Å². The molecule has 98 valence electrons. The van der Waals surface area contributed by atoms with Crippen molar-refractivity contribution >= 4 is 16.7 Å². The summed E-state index contributed by atoms with van der Waals surface area (Å²) in [5.41, 5.74) is 1.14. The summed E-state index contributed by atoms with van der Waals surface area (Å²) in [6.07, 6.45) is 3.87. The number of aryl methyl sites for hydroxylation is 1. The van der Waals surface area contributed by atoms with Crippen LogP contribution >= 0.6 is 11.5 Å². The Morgan fingerprint density at radius 1 is 1.39 bits per heavy atom. The van der Waals surface area contributed by atoms with Crippen LogP contribution in [0.15, 0.2) is 12.4 Å². The van der Waals surface area contributed by atoms with E-state index in [0.29, 0.717) is 0 Å². The zero-order valence-electron chi connectivity index (χ0n) is 11.4. The highest BCUT2D eigenvalue weighted by Crippen LogP contribution is 2.25. The Kier molecular flexibility index (Phi) is 3.38. The summed E-state index contributed by atoms with van der Waals surface area (Å²) >= 11 is 1.41. The molecule has 2 aromatic heterocycles. The molecule has 1 N–H and O–H groups in total. The SMILES string of the molecule is CC(Nc1nc(C(C)(C)C)ns1)c1cnn(C)c1. The molecule has 6 heteroatoms. The number of aromatic nitrogens is 4. The Bertz CT molecular complexity index is 523. The van der Waals surface area contributed by atoms with Crippen molar-refractivity contribution in [3.05, 3.63) is 23.8 Å². The Morgan fingerprint density at radius 3 is 2.61 bits per heavy atom. The predicted molar refractivity (Wildman–Crippen MR) is 73.9 cm³/mol. The second-order valence-corrected chi connectivity index (χ2v) is 6.24. The molecule has 0 saturated carbocycles. The van der Waals surface area contributed by atoms with Crippen LogP contribution in [0.25, 0.3) is 0 Å². The number of nitrogens with zero attached hydrogens (tertiary/aromatic N) is 4. The summed E-state index contributed by atoms with van der Waals surface area (Å²) in [4.78, 5) is 4.52. The lowest BCUT2D eigenvalue weighted by atomic mass is 9.96. The van der Waals surface area contributed by atoms with E-state index in [1.54, 1.807) is 4.68 Å². The maximum Gasteiger partial charge on any atom is 0.203 e. The van der Waals surface area contributed by atoms with E-state index >= 15 is 0 Å². The molecule has 5 nitrogen and oxygen atoms in total. The van der Waals surface area contributed by atoms with Crippen molar-refractivity contribution in [2.45, 2.75) is 39.2 Å². The maximum absolute atomic E-state index is 4.52. The molecule has 0 amide bonds. The highest BCUT2D eigenvalue weighted by Gasteiger charge is 2.20. The van der Waals surface area contributed by atoms with Gasteiger partial charge in [0.2, 0.25) is 5.13 Å². The van der Waals surface area contributed by atoms with E-state index in [1.165, 1.54) is 11.5 Å². The van der Waals surface area contributed by atoms with Crippen molar-refractivity contribution in [1.29, 1.82) is 0 Å². The molecule has 1 atom stereocenters. The van der Waals surface area contributed by atoms with Crippen LogP contribution in [0.1, 0.15) is 45.1 Å². The smallest absolute Gasteiger partial charge is 0.203 e.